The lowest BCUT2D eigenvalue weighted by Gasteiger charge is -2.37. The van der Waals surface area contributed by atoms with Crippen molar-refractivity contribution in [1.29, 1.82) is 0 Å². The number of pyridine rings is 1. The van der Waals surface area contributed by atoms with Crippen molar-refractivity contribution in [1.82, 2.24) is 9.88 Å². The van der Waals surface area contributed by atoms with Gasteiger partial charge in [0.2, 0.25) is 6.10 Å². The van der Waals surface area contributed by atoms with Gasteiger partial charge in [0.15, 0.2) is 0 Å². The number of amides is 1. The molecule has 1 aromatic heterocycles. The van der Waals surface area contributed by atoms with E-state index >= 15 is 0 Å². The first-order valence-electron chi connectivity index (χ1n) is 11.9. The first kappa shape index (κ1) is 23.0. The lowest BCUT2D eigenvalue weighted by atomic mass is 10.0. The molecule has 1 atom stereocenters. The van der Waals surface area contributed by atoms with Crippen molar-refractivity contribution >= 4 is 23.0 Å². The molecule has 2 aromatic carbocycles. The summed E-state index contributed by atoms with van der Waals surface area (Å²) < 4.78 is 13.5. The first-order valence-corrected chi connectivity index (χ1v) is 11.9. The van der Waals surface area contributed by atoms with Crippen LogP contribution in [0.1, 0.15) is 17.5 Å². The Kier molecular flexibility index (Phi) is 6.99. The van der Waals surface area contributed by atoms with E-state index in [1.165, 1.54) is 17.7 Å². The second kappa shape index (κ2) is 10.7. The molecular formula is C27H28FN5O2. The molecule has 3 heterocycles. The third kappa shape index (κ3) is 5.66. The molecular weight excluding hydrogens is 445 g/mol. The highest BCUT2D eigenvalue weighted by atomic mass is 19.1. The second-order valence-electron chi connectivity index (χ2n) is 8.79. The van der Waals surface area contributed by atoms with Crippen LogP contribution < -0.4 is 10.2 Å². The number of hydrogen-bond donors (Lipinski definition) is 1. The van der Waals surface area contributed by atoms with E-state index in [4.69, 9.17) is 4.84 Å². The molecule has 0 spiro atoms. The summed E-state index contributed by atoms with van der Waals surface area (Å²) >= 11 is 0. The minimum atomic E-state index is -0.744. The molecule has 0 bridgehead atoms. The van der Waals surface area contributed by atoms with E-state index in [1.54, 1.807) is 12.1 Å². The van der Waals surface area contributed by atoms with Crippen molar-refractivity contribution in [3.8, 4) is 0 Å². The van der Waals surface area contributed by atoms with Gasteiger partial charge in [-0.25, -0.2) is 4.39 Å². The SMILES string of the molecule is O=C(Nc1ccccc1N1CCN(CCc2ccncc2)CC1)C1CC(c2cccc(F)c2)=NO1. The third-order valence-corrected chi connectivity index (χ3v) is 6.46. The Bertz CT molecular complexity index is 1190. The number of rotatable bonds is 7. The molecule has 2 aliphatic rings. The third-order valence-electron chi connectivity index (χ3n) is 6.46. The van der Waals surface area contributed by atoms with Crippen LogP contribution in [0.5, 0.6) is 0 Å². The number of piperazine rings is 1. The van der Waals surface area contributed by atoms with E-state index in [2.05, 4.69) is 37.4 Å². The highest BCUT2D eigenvalue weighted by Crippen LogP contribution is 2.28. The zero-order valence-corrected chi connectivity index (χ0v) is 19.4. The van der Waals surface area contributed by atoms with Gasteiger partial charge in [-0.15, -0.1) is 0 Å². The number of carbonyl (C=O) groups excluding carboxylic acids is 1. The van der Waals surface area contributed by atoms with Gasteiger partial charge in [0, 0.05) is 57.1 Å². The number of anilines is 2. The Morgan fingerprint density at radius 1 is 1.03 bits per heavy atom. The number of nitrogens with zero attached hydrogens (tertiary/aromatic N) is 4. The number of para-hydroxylation sites is 2. The van der Waals surface area contributed by atoms with Crippen molar-refractivity contribution in [2.24, 2.45) is 5.16 Å². The molecule has 0 radical (unpaired) electrons. The molecule has 1 amide bonds. The van der Waals surface area contributed by atoms with E-state index in [0.717, 1.165) is 50.5 Å². The average molecular weight is 474 g/mol. The maximum Gasteiger partial charge on any atom is 0.268 e. The summed E-state index contributed by atoms with van der Waals surface area (Å²) in [7, 11) is 0. The quantitative estimate of drug-likeness (QED) is 0.567. The van der Waals surface area contributed by atoms with E-state index in [-0.39, 0.29) is 11.7 Å². The maximum absolute atomic E-state index is 13.5. The van der Waals surface area contributed by atoms with Crippen LogP contribution in [0.15, 0.2) is 78.2 Å². The Morgan fingerprint density at radius 2 is 1.83 bits per heavy atom. The molecule has 180 valence electrons. The van der Waals surface area contributed by atoms with Crippen LogP contribution in [0.4, 0.5) is 15.8 Å². The van der Waals surface area contributed by atoms with Crippen LogP contribution in [0, 0.1) is 5.82 Å². The predicted molar refractivity (Wildman–Crippen MR) is 134 cm³/mol. The monoisotopic (exact) mass is 473 g/mol. The summed E-state index contributed by atoms with van der Waals surface area (Å²) in [6.07, 6.45) is 4.24. The predicted octanol–water partition coefficient (Wildman–Crippen LogP) is 3.72. The second-order valence-corrected chi connectivity index (χ2v) is 8.79. The number of halogens is 1. The number of nitrogens with one attached hydrogen (secondary N) is 1. The average Bonchev–Trinajstić information content (AvgIpc) is 3.40. The van der Waals surface area contributed by atoms with Crippen molar-refractivity contribution < 1.29 is 14.0 Å². The molecule has 8 heteroatoms. The fourth-order valence-corrected chi connectivity index (χ4v) is 4.47. The number of oxime groups is 1. The van der Waals surface area contributed by atoms with Crippen LogP contribution in [0.3, 0.4) is 0 Å². The maximum atomic E-state index is 13.5. The first-order chi connectivity index (χ1) is 17.2. The Morgan fingerprint density at radius 3 is 2.63 bits per heavy atom. The summed E-state index contributed by atoms with van der Waals surface area (Å²) in [5, 5.41) is 7.04. The Labute approximate surface area is 204 Å². The molecule has 5 rings (SSSR count). The topological polar surface area (TPSA) is 70.1 Å². The largest absolute Gasteiger partial charge is 0.382 e. The summed E-state index contributed by atoms with van der Waals surface area (Å²) in [6.45, 7) is 4.71. The van der Waals surface area contributed by atoms with Crippen molar-refractivity contribution in [2.45, 2.75) is 18.9 Å². The summed E-state index contributed by atoms with van der Waals surface area (Å²) in [5.74, 6) is -0.604. The fourth-order valence-electron chi connectivity index (χ4n) is 4.47. The minimum Gasteiger partial charge on any atom is -0.382 e. The molecule has 3 aromatic rings. The van der Waals surface area contributed by atoms with Crippen molar-refractivity contribution in [3.63, 3.8) is 0 Å². The molecule has 1 N–H and O–H groups in total. The van der Waals surface area contributed by atoms with Crippen LogP contribution in [0.2, 0.25) is 0 Å². The Balaban J connectivity index is 1.16. The summed E-state index contributed by atoms with van der Waals surface area (Å²) in [5.41, 5.74) is 4.25. The van der Waals surface area contributed by atoms with Gasteiger partial charge >= 0.3 is 0 Å². The van der Waals surface area contributed by atoms with Gasteiger partial charge in [-0.05, 0) is 48.4 Å². The van der Waals surface area contributed by atoms with Crippen LogP contribution >= 0.6 is 0 Å². The molecule has 0 saturated carbocycles. The number of benzene rings is 2. The summed E-state index contributed by atoms with van der Waals surface area (Å²) in [6, 6.07) is 18.1. The fraction of sp³-hybridized carbons (Fsp3) is 0.296. The van der Waals surface area contributed by atoms with Gasteiger partial charge in [-0.2, -0.15) is 0 Å². The summed E-state index contributed by atoms with van der Waals surface area (Å²) in [4.78, 5) is 27.2. The zero-order chi connectivity index (χ0) is 24.0. The van der Waals surface area contributed by atoms with E-state index < -0.39 is 6.10 Å². The van der Waals surface area contributed by atoms with E-state index in [0.29, 0.717) is 17.7 Å². The lowest BCUT2D eigenvalue weighted by molar-refractivity contribution is -0.125. The smallest absolute Gasteiger partial charge is 0.268 e. The van der Waals surface area contributed by atoms with Crippen LogP contribution in [-0.2, 0) is 16.1 Å². The zero-order valence-electron chi connectivity index (χ0n) is 19.4. The van der Waals surface area contributed by atoms with Gasteiger partial charge in [-0.1, -0.05) is 29.4 Å². The molecule has 0 aliphatic carbocycles. The number of carbonyl (C=O) groups is 1. The molecule has 1 saturated heterocycles. The minimum absolute atomic E-state index is 0.261. The van der Waals surface area contributed by atoms with Crippen LogP contribution in [-0.4, -0.2) is 60.3 Å². The van der Waals surface area contributed by atoms with Gasteiger partial charge in [0.25, 0.3) is 5.91 Å². The van der Waals surface area contributed by atoms with Gasteiger partial charge in [0.05, 0.1) is 17.1 Å². The highest BCUT2D eigenvalue weighted by Gasteiger charge is 2.30. The van der Waals surface area contributed by atoms with Crippen molar-refractivity contribution in [3.05, 3.63) is 90.0 Å². The molecule has 2 aliphatic heterocycles. The van der Waals surface area contributed by atoms with Crippen molar-refractivity contribution in [2.75, 3.05) is 42.9 Å². The van der Waals surface area contributed by atoms with Gasteiger partial charge < -0.3 is 15.1 Å². The van der Waals surface area contributed by atoms with Gasteiger partial charge in [-0.3, -0.25) is 14.7 Å². The molecule has 1 fully saturated rings. The van der Waals surface area contributed by atoms with E-state index in [1.807, 2.05) is 36.7 Å². The number of hydrogen-bond acceptors (Lipinski definition) is 6. The lowest BCUT2D eigenvalue weighted by Crippen LogP contribution is -2.47. The normalized spacial score (nSPS) is 18.1. The molecule has 7 nitrogen and oxygen atoms in total. The number of aromatic nitrogens is 1. The Hall–Kier alpha value is -3.78. The van der Waals surface area contributed by atoms with Gasteiger partial charge in [0.1, 0.15) is 5.82 Å². The molecule has 35 heavy (non-hydrogen) atoms. The van der Waals surface area contributed by atoms with E-state index in [9.17, 15) is 9.18 Å². The van der Waals surface area contributed by atoms with Crippen LogP contribution in [0.25, 0.3) is 0 Å². The molecule has 1 unspecified atom stereocenters. The standard InChI is InChI=1S/C27H28FN5O2/c28-22-5-3-4-21(18-22)24-19-26(35-31-24)27(34)30-23-6-1-2-7-25(23)33-16-14-32(15-17-33)13-10-20-8-11-29-12-9-20/h1-9,11-12,18,26H,10,13-17,19H2,(H,30,34). The highest BCUT2D eigenvalue weighted by molar-refractivity contribution is 6.06.